The van der Waals surface area contributed by atoms with E-state index >= 15 is 0 Å². The van der Waals surface area contributed by atoms with Gasteiger partial charge in [-0.2, -0.15) is 0 Å². The van der Waals surface area contributed by atoms with Crippen LogP contribution < -0.4 is 20.1 Å². The SMILES string of the molecule is Cl.O=C(NCC(O)c1cc(Cl)c2c(c1)OCCO2)C1CCCCN1. The van der Waals surface area contributed by atoms with E-state index in [9.17, 15) is 9.90 Å². The third-order valence-electron chi connectivity index (χ3n) is 4.10. The number of carbonyl (C=O) groups is 1. The fourth-order valence-electron chi connectivity index (χ4n) is 2.84. The summed E-state index contributed by atoms with van der Waals surface area (Å²) in [5, 5.41) is 16.7. The third-order valence-corrected chi connectivity index (χ3v) is 4.38. The van der Waals surface area contributed by atoms with Crippen LogP contribution in [0.2, 0.25) is 5.02 Å². The number of carbonyl (C=O) groups excluding carboxylic acids is 1. The normalized spacial score (nSPS) is 20.7. The van der Waals surface area contributed by atoms with Gasteiger partial charge in [0.25, 0.3) is 0 Å². The number of nitrogens with one attached hydrogen (secondary N) is 2. The average molecular weight is 377 g/mol. The molecule has 134 valence electrons. The van der Waals surface area contributed by atoms with E-state index in [1.807, 2.05) is 0 Å². The van der Waals surface area contributed by atoms with E-state index in [1.165, 1.54) is 0 Å². The smallest absolute Gasteiger partial charge is 0.237 e. The summed E-state index contributed by atoms with van der Waals surface area (Å²) in [7, 11) is 0. The zero-order chi connectivity index (χ0) is 16.2. The fraction of sp³-hybridized carbons (Fsp3) is 0.562. The molecule has 2 atom stereocenters. The maximum absolute atomic E-state index is 12.1. The lowest BCUT2D eigenvalue weighted by Crippen LogP contribution is -2.47. The number of piperidine rings is 1. The van der Waals surface area contributed by atoms with Gasteiger partial charge in [-0.25, -0.2) is 0 Å². The Morgan fingerprint density at radius 3 is 2.92 bits per heavy atom. The molecule has 0 saturated carbocycles. The van der Waals surface area contributed by atoms with Crippen LogP contribution in [0, 0.1) is 0 Å². The van der Waals surface area contributed by atoms with Crippen molar-refractivity contribution in [3.63, 3.8) is 0 Å². The summed E-state index contributed by atoms with van der Waals surface area (Å²) in [6, 6.07) is 3.18. The first-order chi connectivity index (χ1) is 11.1. The Balaban J connectivity index is 0.00000208. The summed E-state index contributed by atoms with van der Waals surface area (Å²) in [4.78, 5) is 12.1. The van der Waals surface area contributed by atoms with Crippen molar-refractivity contribution in [1.82, 2.24) is 10.6 Å². The predicted octanol–water partition coefficient (Wildman–Crippen LogP) is 1.82. The van der Waals surface area contributed by atoms with Crippen molar-refractivity contribution in [3.05, 3.63) is 22.7 Å². The van der Waals surface area contributed by atoms with Gasteiger partial charge in [-0.3, -0.25) is 4.79 Å². The summed E-state index contributed by atoms with van der Waals surface area (Å²) in [6.07, 6.45) is 2.13. The van der Waals surface area contributed by atoms with Crippen molar-refractivity contribution in [1.29, 1.82) is 0 Å². The van der Waals surface area contributed by atoms with Crippen molar-refractivity contribution in [2.24, 2.45) is 0 Å². The molecule has 2 heterocycles. The van der Waals surface area contributed by atoms with Crippen LogP contribution in [0.4, 0.5) is 0 Å². The van der Waals surface area contributed by atoms with Gasteiger partial charge in [-0.1, -0.05) is 18.0 Å². The topological polar surface area (TPSA) is 79.8 Å². The number of benzene rings is 1. The van der Waals surface area contributed by atoms with E-state index in [1.54, 1.807) is 12.1 Å². The lowest BCUT2D eigenvalue weighted by Gasteiger charge is -2.24. The molecule has 1 amide bonds. The zero-order valence-corrected chi connectivity index (χ0v) is 14.8. The monoisotopic (exact) mass is 376 g/mol. The second-order valence-electron chi connectivity index (χ2n) is 5.79. The largest absolute Gasteiger partial charge is 0.486 e. The highest BCUT2D eigenvalue weighted by atomic mass is 35.5. The summed E-state index contributed by atoms with van der Waals surface area (Å²) in [6.45, 7) is 1.90. The minimum absolute atomic E-state index is 0. The van der Waals surface area contributed by atoms with Gasteiger partial charge in [0.2, 0.25) is 5.91 Å². The van der Waals surface area contributed by atoms with Gasteiger partial charge in [0.05, 0.1) is 17.2 Å². The highest BCUT2D eigenvalue weighted by molar-refractivity contribution is 6.32. The van der Waals surface area contributed by atoms with Gasteiger partial charge in [0.1, 0.15) is 13.2 Å². The number of aliphatic hydroxyl groups excluding tert-OH is 1. The van der Waals surface area contributed by atoms with Gasteiger partial charge >= 0.3 is 0 Å². The molecule has 6 nitrogen and oxygen atoms in total. The molecule has 0 spiro atoms. The average Bonchev–Trinajstić information content (AvgIpc) is 2.60. The van der Waals surface area contributed by atoms with Crippen molar-refractivity contribution in [2.45, 2.75) is 31.4 Å². The van der Waals surface area contributed by atoms with E-state index in [0.717, 1.165) is 25.8 Å². The molecular formula is C16H22Cl2N2O4. The summed E-state index contributed by atoms with van der Waals surface area (Å²) in [5.74, 6) is 0.953. The first-order valence-electron chi connectivity index (χ1n) is 7.93. The van der Waals surface area contributed by atoms with Gasteiger partial charge < -0.3 is 25.2 Å². The molecule has 1 aromatic rings. The number of halogens is 2. The number of hydrogen-bond donors (Lipinski definition) is 3. The second-order valence-corrected chi connectivity index (χ2v) is 6.20. The van der Waals surface area contributed by atoms with Gasteiger partial charge in [0, 0.05) is 6.54 Å². The Bertz CT molecular complexity index is 579. The van der Waals surface area contributed by atoms with Gasteiger partial charge in [-0.15, -0.1) is 12.4 Å². The molecule has 8 heteroatoms. The molecule has 3 N–H and O–H groups in total. The number of amides is 1. The van der Waals surface area contributed by atoms with E-state index in [2.05, 4.69) is 10.6 Å². The second kappa shape index (κ2) is 8.76. The molecule has 0 bridgehead atoms. The fourth-order valence-corrected chi connectivity index (χ4v) is 3.11. The Hall–Kier alpha value is -1.21. The number of fused-ring (bicyclic) bond motifs is 1. The van der Waals surface area contributed by atoms with Crippen LogP contribution in [0.5, 0.6) is 11.5 Å². The van der Waals surface area contributed by atoms with Gasteiger partial charge in [-0.05, 0) is 37.1 Å². The van der Waals surface area contributed by atoms with Crippen molar-refractivity contribution >= 4 is 29.9 Å². The van der Waals surface area contributed by atoms with Crippen molar-refractivity contribution < 1.29 is 19.4 Å². The first kappa shape index (κ1) is 19.1. The minimum atomic E-state index is -0.851. The Labute approximate surface area is 152 Å². The van der Waals surface area contributed by atoms with Crippen LogP contribution >= 0.6 is 24.0 Å². The lowest BCUT2D eigenvalue weighted by molar-refractivity contribution is -0.124. The number of rotatable bonds is 4. The molecule has 0 radical (unpaired) electrons. The maximum atomic E-state index is 12.1. The molecule has 2 aliphatic rings. The summed E-state index contributed by atoms with van der Waals surface area (Å²) < 4.78 is 10.9. The molecule has 2 aliphatic heterocycles. The Morgan fingerprint density at radius 1 is 1.38 bits per heavy atom. The van der Waals surface area contributed by atoms with Crippen LogP contribution in [-0.2, 0) is 4.79 Å². The van der Waals surface area contributed by atoms with Crippen LogP contribution in [-0.4, -0.2) is 43.4 Å². The number of aliphatic hydroxyl groups is 1. The van der Waals surface area contributed by atoms with Crippen molar-refractivity contribution in [2.75, 3.05) is 26.3 Å². The molecule has 2 unspecified atom stereocenters. The zero-order valence-electron chi connectivity index (χ0n) is 13.2. The molecule has 0 aliphatic carbocycles. The highest BCUT2D eigenvalue weighted by Crippen LogP contribution is 2.39. The van der Waals surface area contributed by atoms with E-state index in [4.69, 9.17) is 21.1 Å². The molecule has 1 fully saturated rings. The standard InChI is InChI=1S/C16H21ClN2O4.ClH/c17-11-7-10(8-14-15(11)23-6-5-22-14)13(20)9-19-16(21)12-3-1-2-4-18-12;/h7-8,12-13,18,20H,1-6,9H2,(H,19,21);1H. The van der Waals surface area contributed by atoms with Crippen LogP contribution in [0.3, 0.4) is 0 Å². The molecule has 1 saturated heterocycles. The van der Waals surface area contributed by atoms with Crippen molar-refractivity contribution in [3.8, 4) is 11.5 Å². The molecule has 3 rings (SSSR count). The van der Waals surface area contributed by atoms with E-state index in [0.29, 0.717) is 35.3 Å². The summed E-state index contributed by atoms with van der Waals surface area (Å²) >= 11 is 6.16. The minimum Gasteiger partial charge on any atom is -0.486 e. The van der Waals surface area contributed by atoms with Crippen LogP contribution in [0.1, 0.15) is 30.9 Å². The third kappa shape index (κ3) is 4.45. The van der Waals surface area contributed by atoms with E-state index in [-0.39, 0.29) is 30.9 Å². The molecule has 1 aromatic carbocycles. The quantitative estimate of drug-likeness (QED) is 0.746. The first-order valence-corrected chi connectivity index (χ1v) is 8.31. The highest BCUT2D eigenvalue weighted by Gasteiger charge is 2.23. The van der Waals surface area contributed by atoms with E-state index < -0.39 is 6.10 Å². The Kier molecular flexibility index (Phi) is 6.98. The van der Waals surface area contributed by atoms with Gasteiger partial charge in [0.15, 0.2) is 11.5 Å². The number of ether oxygens (including phenoxy) is 2. The van der Waals surface area contributed by atoms with Crippen LogP contribution in [0.15, 0.2) is 12.1 Å². The number of hydrogen-bond acceptors (Lipinski definition) is 5. The maximum Gasteiger partial charge on any atom is 0.237 e. The molecular weight excluding hydrogens is 355 g/mol. The van der Waals surface area contributed by atoms with Crippen LogP contribution in [0.25, 0.3) is 0 Å². The lowest BCUT2D eigenvalue weighted by atomic mass is 10.0. The molecule has 0 aromatic heterocycles. The predicted molar refractivity (Wildman–Crippen MR) is 93.3 cm³/mol. The molecule has 24 heavy (non-hydrogen) atoms. The summed E-state index contributed by atoms with van der Waals surface area (Å²) in [5.41, 5.74) is 0.594. The Morgan fingerprint density at radius 2 is 2.17 bits per heavy atom.